The molecule has 0 atom stereocenters. The molecule has 3 rings (SSSR count). The Morgan fingerprint density at radius 3 is 3.00 bits per heavy atom. The van der Waals surface area contributed by atoms with Crippen LogP contribution in [0.15, 0.2) is 23.8 Å². The first-order chi connectivity index (χ1) is 8.65. The molecule has 0 aliphatic rings. The fraction of sp³-hybridized carbons (Fsp3) is 0.0909. The van der Waals surface area contributed by atoms with Crippen LogP contribution < -0.4 is 5.73 Å². The average molecular weight is 259 g/mol. The van der Waals surface area contributed by atoms with Gasteiger partial charge in [-0.1, -0.05) is 0 Å². The summed E-state index contributed by atoms with van der Waals surface area (Å²) in [5.41, 5.74) is 8.47. The van der Waals surface area contributed by atoms with Crippen molar-refractivity contribution in [3.63, 3.8) is 0 Å². The molecule has 0 radical (unpaired) electrons. The maximum absolute atomic E-state index is 11.0. The van der Waals surface area contributed by atoms with Gasteiger partial charge in [-0.25, -0.2) is 4.98 Å². The van der Waals surface area contributed by atoms with E-state index in [-0.39, 0.29) is 0 Å². The van der Waals surface area contributed by atoms with Gasteiger partial charge < -0.3 is 5.73 Å². The number of rotatable bonds is 2. The lowest BCUT2D eigenvalue weighted by molar-refractivity contribution is 0.1000. The zero-order valence-electron chi connectivity index (χ0n) is 9.49. The SMILES string of the molecule is Cn1ncc2ncc(-c3csc(C(N)=O)n3)cc21. The molecule has 6 nitrogen and oxygen atoms in total. The van der Waals surface area contributed by atoms with Gasteiger partial charge in [0.05, 0.1) is 17.4 Å². The van der Waals surface area contributed by atoms with E-state index in [0.717, 1.165) is 16.6 Å². The minimum atomic E-state index is -0.513. The molecule has 0 aliphatic heterocycles. The highest BCUT2D eigenvalue weighted by molar-refractivity contribution is 7.12. The summed E-state index contributed by atoms with van der Waals surface area (Å²) in [7, 11) is 1.85. The summed E-state index contributed by atoms with van der Waals surface area (Å²) in [5, 5.41) is 6.22. The van der Waals surface area contributed by atoms with Crippen LogP contribution in [0.2, 0.25) is 0 Å². The molecule has 0 saturated carbocycles. The molecular weight excluding hydrogens is 250 g/mol. The quantitative estimate of drug-likeness (QED) is 0.749. The van der Waals surface area contributed by atoms with E-state index in [4.69, 9.17) is 5.73 Å². The molecule has 3 aromatic heterocycles. The number of nitrogens with two attached hydrogens (primary N) is 1. The summed E-state index contributed by atoms with van der Waals surface area (Å²) in [5.74, 6) is -0.513. The summed E-state index contributed by atoms with van der Waals surface area (Å²) < 4.78 is 1.74. The minimum Gasteiger partial charge on any atom is -0.364 e. The lowest BCUT2D eigenvalue weighted by Gasteiger charge is -1.98. The van der Waals surface area contributed by atoms with E-state index in [1.165, 1.54) is 11.3 Å². The molecule has 0 fully saturated rings. The van der Waals surface area contributed by atoms with E-state index in [2.05, 4.69) is 15.1 Å². The van der Waals surface area contributed by atoms with Crippen molar-refractivity contribution in [1.29, 1.82) is 0 Å². The van der Waals surface area contributed by atoms with Crippen LogP contribution in [0.4, 0.5) is 0 Å². The Kier molecular flexibility index (Phi) is 2.34. The van der Waals surface area contributed by atoms with Crippen LogP contribution in [0.3, 0.4) is 0 Å². The Morgan fingerprint density at radius 1 is 1.44 bits per heavy atom. The predicted octanol–water partition coefficient (Wildman–Crippen LogP) is 1.19. The number of aryl methyl sites for hydroxylation is 1. The van der Waals surface area contributed by atoms with Crippen LogP contribution in [-0.4, -0.2) is 25.7 Å². The number of primary amides is 1. The molecule has 3 heterocycles. The third-order valence-electron chi connectivity index (χ3n) is 2.61. The van der Waals surface area contributed by atoms with Gasteiger partial charge in [0.25, 0.3) is 5.91 Å². The second-order valence-corrected chi connectivity index (χ2v) is 4.66. The summed E-state index contributed by atoms with van der Waals surface area (Å²) in [4.78, 5) is 19.5. The van der Waals surface area contributed by atoms with Crippen LogP contribution in [0.25, 0.3) is 22.3 Å². The molecule has 0 spiro atoms. The average Bonchev–Trinajstić information content (AvgIpc) is 2.96. The summed E-state index contributed by atoms with van der Waals surface area (Å²) in [6.07, 6.45) is 3.42. The Balaban J connectivity index is 2.12. The Hall–Kier alpha value is -2.28. The Morgan fingerprint density at radius 2 is 2.28 bits per heavy atom. The third-order valence-corrected chi connectivity index (χ3v) is 3.47. The van der Waals surface area contributed by atoms with Gasteiger partial charge in [-0.3, -0.25) is 14.5 Å². The van der Waals surface area contributed by atoms with Crippen molar-refractivity contribution in [2.45, 2.75) is 0 Å². The van der Waals surface area contributed by atoms with Gasteiger partial charge in [0.1, 0.15) is 5.52 Å². The number of hydrogen-bond acceptors (Lipinski definition) is 5. The zero-order valence-corrected chi connectivity index (χ0v) is 10.3. The van der Waals surface area contributed by atoms with Gasteiger partial charge in [0.15, 0.2) is 5.01 Å². The number of aromatic nitrogens is 4. The topological polar surface area (TPSA) is 86.7 Å². The van der Waals surface area contributed by atoms with Crippen LogP contribution in [0.5, 0.6) is 0 Å². The first kappa shape index (κ1) is 10.8. The molecule has 0 unspecified atom stereocenters. The lowest BCUT2D eigenvalue weighted by Crippen LogP contribution is -2.10. The minimum absolute atomic E-state index is 0.301. The fourth-order valence-electron chi connectivity index (χ4n) is 1.69. The van der Waals surface area contributed by atoms with Crippen molar-refractivity contribution in [2.24, 2.45) is 12.8 Å². The van der Waals surface area contributed by atoms with Crippen molar-refractivity contribution in [2.75, 3.05) is 0 Å². The van der Waals surface area contributed by atoms with Crippen molar-refractivity contribution in [3.05, 3.63) is 28.8 Å². The highest BCUT2D eigenvalue weighted by atomic mass is 32.1. The number of amides is 1. The van der Waals surface area contributed by atoms with E-state index < -0.39 is 5.91 Å². The molecule has 2 N–H and O–H groups in total. The number of thiazole rings is 1. The number of carbonyl (C=O) groups is 1. The third kappa shape index (κ3) is 1.65. The molecule has 0 saturated heterocycles. The number of hydrogen-bond donors (Lipinski definition) is 1. The number of pyridine rings is 1. The highest BCUT2D eigenvalue weighted by Crippen LogP contribution is 2.23. The molecule has 0 bridgehead atoms. The molecular formula is C11H9N5OS. The summed E-state index contributed by atoms with van der Waals surface area (Å²) in [6.45, 7) is 0. The second-order valence-electron chi connectivity index (χ2n) is 3.80. The van der Waals surface area contributed by atoms with Gasteiger partial charge in [-0.2, -0.15) is 5.10 Å². The predicted molar refractivity (Wildman–Crippen MR) is 68.1 cm³/mol. The normalized spacial score (nSPS) is 10.9. The molecule has 18 heavy (non-hydrogen) atoms. The van der Waals surface area contributed by atoms with Crippen molar-refractivity contribution < 1.29 is 4.79 Å². The molecule has 0 aromatic carbocycles. The van der Waals surface area contributed by atoms with E-state index in [1.807, 2.05) is 13.1 Å². The van der Waals surface area contributed by atoms with E-state index >= 15 is 0 Å². The Bertz CT molecular complexity index is 745. The maximum atomic E-state index is 11.0. The lowest BCUT2D eigenvalue weighted by atomic mass is 10.2. The van der Waals surface area contributed by atoms with Gasteiger partial charge in [0, 0.05) is 24.2 Å². The van der Waals surface area contributed by atoms with Crippen molar-refractivity contribution in [1.82, 2.24) is 19.7 Å². The van der Waals surface area contributed by atoms with Crippen LogP contribution >= 0.6 is 11.3 Å². The Labute approximate surface area is 106 Å². The van der Waals surface area contributed by atoms with E-state index in [0.29, 0.717) is 10.7 Å². The van der Waals surface area contributed by atoms with Crippen LogP contribution in [-0.2, 0) is 7.05 Å². The smallest absolute Gasteiger partial charge is 0.277 e. The fourth-order valence-corrected chi connectivity index (χ4v) is 2.36. The van der Waals surface area contributed by atoms with Crippen LogP contribution in [0.1, 0.15) is 9.80 Å². The molecule has 7 heteroatoms. The molecule has 3 aromatic rings. The molecule has 1 amide bonds. The summed E-state index contributed by atoms with van der Waals surface area (Å²) in [6, 6.07) is 1.94. The molecule has 0 aliphatic carbocycles. The van der Waals surface area contributed by atoms with Crippen molar-refractivity contribution >= 4 is 28.3 Å². The highest BCUT2D eigenvalue weighted by Gasteiger charge is 2.10. The van der Waals surface area contributed by atoms with E-state index in [1.54, 1.807) is 22.5 Å². The summed E-state index contributed by atoms with van der Waals surface area (Å²) >= 11 is 1.23. The maximum Gasteiger partial charge on any atom is 0.277 e. The first-order valence-corrected chi connectivity index (χ1v) is 6.06. The van der Waals surface area contributed by atoms with Crippen LogP contribution in [0, 0.1) is 0 Å². The van der Waals surface area contributed by atoms with Gasteiger partial charge in [-0.15, -0.1) is 11.3 Å². The number of carbonyl (C=O) groups excluding carboxylic acids is 1. The largest absolute Gasteiger partial charge is 0.364 e. The number of nitrogens with zero attached hydrogens (tertiary/aromatic N) is 4. The van der Waals surface area contributed by atoms with Gasteiger partial charge in [-0.05, 0) is 6.07 Å². The standard InChI is InChI=1S/C11H9N5OS/c1-16-9-2-6(3-13-7(9)4-14-16)8-5-18-11(15-8)10(12)17/h2-5H,1H3,(H2,12,17). The van der Waals surface area contributed by atoms with Gasteiger partial charge in [0.2, 0.25) is 0 Å². The van der Waals surface area contributed by atoms with Crippen molar-refractivity contribution in [3.8, 4) is 11.3 Å². The van der Waals surface area contributed by atoms with E-state index in [9.17, 15) is 4.79 Å². The first-order valence-electron chi connectivity index (χ1n) is 5.18. The second kappa shape index (κ2) is 3.88. The van der Waals surface area contributed by atoms with Gasteiger partial charge >= 0.3 is 0 Å². The number of fused-ring (bicyclic) bond motifs is 1. The monoisotopic (exact) mass is 259 g/mol. The zero-order chi connectivity index (χ0) is 12.7. The molecule has 90 valence electrons.